The molecule has 0 aliphatic carbocycles. The van der Waals surface area contributed by atoms with Crippen LogP contribution in [0.2, 0.25) is 5.02 Å². The molecule has 0 N–H and O–H groups in total. The van der Waals surface area contributed by atoms with E-state index in [-0.39, 0.29) is 24.5 Å². The highest BCUT2D eigenvalue weighted by Gasteiger charge is 2.27. The molecular formula is C22H23ClN4O3. The Labute approximate surface area is 179 Å². The van der Waals surface area contributed by atoms with Crippen LogP contribution in [-0.4, -0.2) is 33.2 Å². The number of amides is 1. The van der Waals surface area contributed by atoms with Crippen LogP contribution in [-0.2, 0) is 22.6 Å². The summed E-state index contributed by atoms with van der Waals surface area (Å²) in [5.41, 5.74) is 2.33. The number of halogens is 1. The molecule has 2 aromatic heterocycles. The molecule has 1 unspecified atom stereocenters. The lowest BCUT2D eigenvalue weighted by molar-refractivity contribution is -0.127. The number of benzene rings is 1. The number of ketones is 1. The van der Waals surface area contributed by atoms with Crippen molar-refractivity contribution < 1.29 is 14.1 Å². The molecule has 30 heavy (non-hydrogen) atoms. The molecule has 1 amide bonds. The third-order valence-corrected chi connectivity index (χ3v) is 5.50. The number of anilines is 1. The van der Waals surface area contributed by atoms with E-state index in [1.54, 1.807) is 30.0 Å². The van der Waals surface area contributed by atoms with Crippen LogP contribution in [0.1, 0.15) is 31.2 Å². The summed E-state index contributed by atoms with van der Waals surface area (Å²) in [6.07, 6.45) is 1.10. The van der Waals surface area contributed by atoms with Crippen LogP contribution in [0.5, 0.6) is 0 Å². The van der Waals surface area contributed by atoms with Crippen LogP contribution in [0, 0.1) is 12.8 Å². The van der Waals surface area contributed by atoms with Crippen molar-refractivity contribution in [1.29, 1.82) is 0 Å². The van der Waals surface area contributed by atoms with Crippen LogP contribution in [0.15, 0.2) is 40.9 Å². The summed E-state index contributed by atoms with van der Waals surface area (Å²) in [7, 11) is 0. The SMILES string of the molecule is Cc1cc2n(n1)CCCN2C(=O)CC(C)C(=O)Cc1cc(-c2cccc(Cl)c2)no1. The van der Waals surface area contributed by atoms with Crippen molar-refractivity contribution >= 4 is 29.1 Å². The fourth-order valence-electron chi connectivity index (χ4n) is 3.67. The van der Waals surface area contributed by atoms with E-state index in [4.69, 9.17) is 16.1 Å². The Hall–Kier alpha value is -2.93. The number of carbonyl (C=O) groups excluding carboxylic acids is 2. The van der Waals surface area contributed by atoms with Gasteiger partial charge in [-0.25, -0.2) is 4.68 Å². The number of nitrogens with zero attached hydrogens (tertiary/aromatic N) is 4. The summed E-state index contributed by atoms with van der Waals surface area (Å²) in [4.78, 5) is 27.3. The molecule has 1 aliphatic rings. The van der Waals surface area contributed by atoms with Crippen LogP contribution in [0.25, 0.3) is 11.3 Å². The lowest BCUT2D eigenvalue weighted by atomic mass is 9.98. The zero-order chi connectivity index (χ0) is 21.3. The predicted molar refractivity (Wildman–Crippen MR) is 113 cm³/mol. The molecule has 0 fully saturated rings. The van der Waals surface area contributed by atoms with Gasteiger partial charge in [0, 0.05) is 48.1 Å². The Bertz CT molecular complexity index is 1090. The average molecular weight is 427 g/mol. The van der Waals surface area contributed by atoms with Crippen molar-refractivity contribution in [2.75, 3.05) is 11.4 Å². The van der Waals surface area contributed by atoms with E-state index in [0.717, 1.165) is 30.0 Å². The average Bonchev–Trinajstić information content (AvgIpc) is 3.33. The smallest absolute Gasteiger partial charge is 0.228 e. The van der Waals surface area contributed by atoms with Gasteiger partial charge < -0.3 is 4.52 Å². The van der Waals surface area contributed by atoms with E-state index in [0.29, 0.717) is 23.0 Å². The lowest BCUT2D eigenvalue weighted by Gasteiger charge is -2.28. The first-order chi connectivity index (χ1) is 14.4. The number of aryl methyl sites for hydroxylation is 2. The maximum atomic E-state index is 12.8. The van der Waals surface area contributed by atoms with E-state index < -0.39 is 5.92 Å². The minimum atomic E-state index is -0.420. The van der Waals surface area contributed by atoms with Gasteiger partial charge >= 0.3 is 0 Å². The molecule has 156 valence electrons. The van der Waals surface area contributed by atoms with E-state index >= 15 is 0 Å². The third kappa shape index (κ3) is 4.31. The van der Waals surface area contributed by atoms with Crippen molar-refractivity contribution in [3.63, 3.8) is 0 Å². The van der Waals surface area contributed by atoms with Crippen molar-refractivity contribution in [1.82, 2.24) is 14.9 Å². The van der Waals surface area contributed by atoms with Gasteiger partial charge in [-0.05, 0) is 25.5 Å². The van der Waals surface area contributed by atoms with Crippen LogP contribution < -0.4 is 4.90 Å². The molecule has 0 bridgehead atoms. The zero-order valence-electron chi connectivity index (χ0n) is 17.0. The summed E-state index contributed by atoms with van der Waals surface area (Å²) >= 11 is 6.02. The Morgan fingerprint density at radius 1 is 1.23 bits per heavy atom. The van der Waals surface area contributed by atoms with Gasteiger partial charge in [-0.1, -0.05) is 35.8 Å². The summed E-state index contributed by atoms with van der Waals surface area (Å²) in [6, 6.07) is 10.9. The molecule has 1 atom stereocenters. The molecule has 1 aliphatic heterocycles. The fraction of sp³-hybridized carbons (Fsp3) is 0.364. The van der Waals surface area contributed by atoms with Gasteiger partial charge in [-0.2, -0.15) is 5.10 Å². The molecular weight excluding hydrogens is 404 g/mol. The summed E-state index contributed by atoms with van der Waals surface area (Å²) < 4.78 is 7.19. The number of rotatable bonds is 6. The summed E-state index contributed by atoms with van der Waals surface area (Å²) in [5, 5.41) is 9.05. The highest BCUT2D eigenvalue weighted by Crippen LogP contribution is 2.25. The van der Waals surface area contributed by atoms with Crippen molar-refractivity contribution in [3.05, 3.63) is 52.9 Å². The van der Waals surface area contributed by atoms with Gasteiger partial charge in [0.2, 0.25) is 5.91 Å². The molecule has 1 aromatic carbocycles. The minimum Gasteiger partial charge on any atom is -0.360 e. The number of fused-ring (bicyclic) bond motifs is 1. The zero-order valence-corrected chi connectivity index (χ0v) is 17.7. The predicted octanol–water partition coefficient (Wildman–Crippen LogP) is 4.07. The number of hydrogen-bond donors (Lipinski definition) is 0. The van der Waals surface area contributed by atoms with E-state index in [2.05, 4.69) is 10.3 Å². The lowest BCUT2D eigenvalue weighted by Crippen LogP contribution is -2.38. The van der Waals surface area contributed by atoms with Gasteiger partial charge in [0.1, 0.15) is 23.1 Å². The summed E-state index contributed by atoms with van der Waals surface area (Å²) in [6.45, 7) is 5.15. The number of Topliss-reactive ketones (excluding diaryl/α,β-unsaturated/α-hetero) is 1. The Balaban J connectivity index is 1.38. The van der Waals surface area contributed by atoms with Crippen LogP contribution in [0.4, 0.5) is 5.82 Å². The van der Waals surface area contributed by atoms with E-state index in [1.165, 1.54) is 0 Å². The number of aromatic nitrogens is 3. The van der Waals surface area contributed by atoms with Crippen LogP contribution in [0.3, 0.4) is 0 Å². The maximum absolute atomic E-state index is 12.8. The molecule has 7 nitrogen and oxygen atoms in total. The minimum absolute atomic E-state index is 0.0566. The first kappa shape index (κ1) is 20.3. The molecule has 0 saturated heterocycles. The third-order valence-electron chi connectivity index (χ3n) is 5.27. The number of carbonyl (C=O) groups is 2. The standard InChI is InChI=1S/C22H23ClN4O3/c1-14(9-22(29)26-7-4-8-27-21(26)10-15(2)24-27)20(28)13-18-12-19(25-30-18)16-5-3-6-17(23)11-16/h3,5-6,10-12,14H,4,7-9,13H2,1-2H3. The highest BCUT2D eigenvalue weighted by molar-refractivity contribution is 6.30. The second-order valence-corrected chi connectivity index (χ2v) is 8.14. The fourth-order valence-corrected chi connectivity index (χ4v) is 3.86. The Kier molecular flexibility index (Phi) is 5.72. The first-order valence-corrected chi connectivity index (χ1v) is 10.4. The van der Waals surface area contributed by atoms with Gasteiger partial charge in [0.05, 0.1) is 12.1 Å². The molecule has 0 radical (unpaired) electrons. The first-order valence-electron chi connectivity index (χ1n) is 10.00. The van der Waals surface area contributed by atoms with Gasteiger partial charge in [0.25, 0.3) is 0 Å². The molecule has 0 spiro atoms. The largest absolute Gasteiger partial charge is 0.360 e. The second-order valence-electron chi connectivity index (χ2n) is 7.70. The quantitative estimate of drug-likeness (QED) is 0.593. The Morgan fingerprint density at radius 3 is 2.87 bits per heavy atom. The maximum Gasteiger partial charge on any atom is 0.228 e. The van der Waals surface area contributed by atoms with E-state index in [1.807, 2.05) is 29.8 Å². The van der Waals surface area contributed by atoms with Gasteiger partial charge in [-0.15, -0.1) is 0 Å². The number of hydrogen-bond acceptors (Lipinski definition) is 5. The topological polar surface area (TPSA) is 81.2 Å². The van der Waals surface area contributed by atoms with Gasteiger partial charge in [0.15, 0.2) is 0 Å². The second kappa shape index (κ2) is 8.44. The molecule has 8 heteroatoms. The molecule has 0 saturated carbocycles. The molecule has 3 aromatic rings. The molecule has 4 rings (SSSR count). The van der Waals surface area contributed by atoms with Crippen LogP contribution >= 0.6 is 11.6 Å². The summed E-state index contributed by atoms with van der Waals surface area (Å²) in [5.74, 6) is 0.745. The molecule has 3 heterocycles. The van der Waals surface area contributed by atoms with Gasteiger partial charge in [-0.3, -0.25) is 14.5 Å². The van der Waals surface area contributed by atoms with Crippen molar-refractivity contribution in [2.24, 2.45) is 5.92 Å². The van der Waals surface area contributed by atoms with Crippen molar-refractivity contribution in [3.8, 4) is 11.3 Å². The normalized spacial score (nSPS) is 14.4. The van der Waals surface area contributed by atoms with Crippen molar-refractivity contribution in [2.45, 2.75) is 39.7 Å². The van der Waals surface area contributed by atoms with E-state index in [9.17, 15) is 9.59 Å². The highest BCUT2D eigenvalue weighted by atomic mass is 35.5. The monoisotopic (exact) mass is 426 g/mol. The Morgan fingerprint density at radius 2 is 2.07 bits per heavy atom.